The van der Waals surface area contributed by atoms with E-state index in [-0.39, 0.29) is 5.91 Å². The molecular weight excluding hydrogens is 320 g/mol. The Bertz CT molecular complexity index is 749. The maximum atomic E-state index is 12.5. The molecule has 6 heteroatoms. The molecule has 6 nitrogen and oxygen atoms in total. The molecule has 1 heterocycles. The third-order valence-corrected chi connectivity index (χ3v) is 3.67. The first-order valence-corrected chi connectivity index (χ1v) is 8.13. The van der Waals surface area contributed by atoms with E-state index in [1.165, 1.54) is 7.11 Å². The Hall–Kier alpha value is -2.60. The number of H-pyrrole nitrogens is 1. The minimum absolute atomic E-state index is 0.171. The standard InChI is InChI=1S/C19H24N2O4/c1-5-25-12-19(2,3)21-17(22)14-8-6-7-13(9-14)15-10-16(20-11-15)18(23)24-4/h6-11,20H,5,12H2,1-4H3,(H,21,22). The molecule has 0 aliphatic carbocycles. The van der Waals surface area contributed by atoms with Crippen LogP contribution in [0.4, 0.5) is 0 Å². The highest BCUT2D eigenvalue weighted by atomic mass is 16.5. The van der Waals surface area contributed by atoms with Crippen LogP contribution < -0.4 is 5.32 Å². The van der Waals surface area contributed by atoms with Crippen LogP contribution in [-0.2, 0) is 9.47 Å². The van der Waals surface area contributed by atoms with E-state index in [1.807, 2.05) is 32.9 Å². The summed E-state index contributed by atoms with van der Waals surface area (Å²) in [6.07, 6.45) is 1.71. The summed E-state index contributed by atoms with van der Waals surface area (Å²) in [6, 6.07) is 8.93. The van der Waals surface area contributed by atoms with Crippen molar-refractivity contribution in [3.8, 4) is 11.1 Å². The number of hydrogen-bond acceptors (Lipinski definition) is 4. The molecule has 2 N–H and O–H groups in total. The van der Waals surface area contributed by atoms with Gasteiger partial charge in [-0.25, -0.2) is 4.79 Å². The van der Waals surface area contributed by atoms with Crippen LogP contribution in [0.3, 0.4) is 0 Å². The van der Waals surface area contributed by atoms with Crippen molar-refractivity contribution < 1.29 is 19.1 Å². The van der Waals surface area contributed by atoms with Gasteiger partial charge in [0.2, 0.25) is 0 Å². The molecule has 0 unspecified atom stereocenters. The van der Waals surface area contributed by atoms with Gasteiger partial charge >= 0.3 is 5.97 Å². The van der Waals surface area contributed by atoms with Crippen LogP contribution in [0.15, 0.2) is 36.5 Å². The zero-order valence-corrected chi connectivity index (χ0v) is 15.0. The highest BCUT2D eigenvalue weighted by molar-refractivity contribution is 5.96. The molecule has 25 heavy (non-hydrogen) atoms. The van der Waals surface area contributed by atoms with E-state index in [0.29, 0.717) is 24.5 Å². The van der Waals surface area contributed by atoms with E-state index >= 15 is 0 Å². The summed E-state index contributed by atoms with van der Waals surface area (Å²) in [5, 5.41) is 2.97. The first-order valence-electron chi connectivity index (χ1n) is 8.13. The lowest BCUT2D eigenvalue weighted by molar-refractivity contribution is 0.0594. The van der Waals surface area contributed by atoms with Crippen LogP contribution in [0.25, 0.3) is 11.1 Å². The van der Waals surface area contributed by atoms with Gasteiger partial charge in [0.25, 0.3) is 5.91 Å². The minimum atomic E-state index is -0.463. The van der Waals surface area contributed by atoms with Crippen LogP contribution in [-0.4, -0.2) is 42.7 Å². The van der Waals surface area contributed by atoms with Gasteiger partial charge in [0.05, 0.1) is 19.3 Å². The molecule has 2 rings (SSSR count). The van der Waals surface area contributed by atoms with Gasteiger partial charge in [0, 0.05) is 23.9 Å². The topological polar surface area (TPSA) is 80.4 Å². The van der Waals surface area contributed by atoms with Crippen molar-refractivity contribution in [2.75, 3.05) is 20.3 Å². The molecule has 0 radical (unpaired) electrons. The van der Waals surface area contributed by atoms with Crippen LogP contribution in [0.2, 0.25) is 0 Å². The molecule has 0 saturated carbocycles. The molecule has 2 aromatic rings. The summed E-state index contributed by atoms with van der Waals surface area (Å²) in [6.45, 7) is 6.79. The van der Waals surface area contributed by atoms with Crippen molar-refractivity contribution in [3.05, 3.63) is 47.8 Å². The Kier molecular flexibility index (Phi) is 5.98. The molecule has 134 valence electrons. The molecule has 0 saturated heterocycles. The van der Waals surface area contributed by atoms with Crippen LogP contribution in [0.1, 0.15) is 41.6 Å². The monoisotopic (exact) mass is 344 g/mol. The Balaban J connectivity index is 2.17. The summed E-state index contributed by atoms with van der Waals surface area (Å²) in [5.74, 6) is -0.604. The average Bonchev–Trinajstić information content (AvgIpc) is 3.09. The molecule has 1 aromatic carbocycles. The van der Waals surface area contributed by atoms with E-state index in [0.717, 1.165) is 11.1 Å². The fourth-order valence-electron chi connectivity index (χ4n) is 2.40. The second-order valence-corrected chi connectivity index (χ2v) is 6.35. The molecular formula is C19H24N2O4. The first kappa shape index (κ1) is 18.7. The zero-order chi connectivity index (χ0) is 18.4. The van der Waals surface area contributed by atoms with E-state index in [2.05, 4.69) is 15.0 Å². The highest BCUT2D eigenvalue weighted by Gasteiger charge is 2.21. The Morgan fingerprint density at radius 2 is 1.96 bits per heavy atom. The fourth-order valence-corrected chi connectivity index (χ4v) is 2.40. The lowest BCUT2D eigenvalue weighted by atomic mass is 10.0. The van der Waals surface area contributed by atoms with Gasteiger partial charge in [0.1, 0.15) is 5.69 Å². The third kappa shape index (κ3) is 4.93. The minimum Gasteiger partial charge on any atom is -0.464 e. The largest absolute Gasteiger partial charge is 0.464 e. The quantitative estimate of drug-likeness (QED) is 0.757. The van der Waals surface area contributed by atoms with Crippen molar-refractivity contribution in [3.63, 3.8) is 0 Å². The van der Waals surface area contributed by atoms with Crippen molar-refractivity contribution in [2.45, 2.75) is 26.3 Å². The van der Waals surface area contributed by atoms with Crippen LogP contribution in [0.5, 0.6) is 0 Å². The SMILES string of the molecule is CCOCC(C)(C)NC(=O)c1cccc(-c2c[nH]c(C(=O)OC)c2)c1. The first-order chi connectivity index (χ1) is 11.9. The lowest BCUT2D eigenvalue weighted by Gasteiger charge is -2.26. The van der Waals surface area contributed by atoms with Gasteiger partial charge in [-0.15, -0.1) is 0 Å². The molecule has 0 aliphatic heterocycles. The Labute approximate surface area is 147 Å². The Morgan fingerprint density at radius 3 is 2.64 bits per heavy atom. The second kappa shape index (κ2) is 7.98. The van der Waals surface area contributed by atoms with Gasteiger partial charge in [-0.05, 0) is 44.5 Å². The number of benzene rings is 1. The van der Waals surface area contributed by atoms with Crippen LogP contribution >= 0.6 is 0 Å². The zero-order valence-electron chi connectivity index (χ0n) is 15.0. The molecule has 0 bridgehead atoms. The van der Waals surface area contributed by atoms with E-state index in [1.54, 1.807) is 24.4 Å². The summed E-state index contributed by atoms with van der Waals surface area (Å²) >= 11 is 0. The molecule has 0 aliphatic rings. The highest BCUT2D eigenvalue weighted by Crippen LogP contribution is 2.22. The van der Waals surface area contributed by atoms with Gasteiger partial charge in [0.15, 0.2) is 0 Å². The van der Waals surface area contributed by atoms with Gasteiger partial charge < -0.3 is 19.8 Å². The van der Waals surface area contributed by atoms with Crippen molar-refractivity contribution in [1.82, 2.24) is 10.3 Å². The number of amides is 1. The number of methoxy groups -OCH3 is 1. The maximum Gasteiger partial charge on any atom is 0.354 e. The average molecular weight is 344 g/mol. The summed E-state index contributed by atoms with van der Waals surface area (Å²) in [7, 11) is 1.33. The number of carbonyl (C=O) groups excluding carboxylic acids is 2. The second-order valence-electron chi connectivity index (χ2n) is 6.35. The predicted octanol–water partition coefficient (Wildman–Crippen LogP) is 3.01. The smallest absolute Gasteiger partial charge is 0.354 e. The number of esters is 1. The van der Waals surface area contributed by atoms with E-state index in [4.69, 9.17) is 4.74 Å². The van der Waals surface area contributed by atoms with Crippen molar-refractivity contribution in [2.24, 2.45) is 0 Å². The number of rotatable bonds is 7. The van der Waals surface area contributed by atoms with Gasteiger partial charge in [-0.3, -0.25) is 4.79 Å². The molecule has 0 spiro atoms. The summed E-state index contributed by atoms with van der Waals surface area (Å²) in [4.78, 5) is 26.9. The number of nitrogens with one attached hydrogen (secondary N) is 2. The maximum absolute atomic E-state index is 12.5. The number of aromatic amines is 1. The fraction of sp³-hybridized carbons (Fsp3) is 0.368. The molecule has 1 amide bonds. The number of carbonyl (C=O) groups is 2. The molecule has 0 atom stereocenters. The van der Waals surface area contributed by atoms with Crippen molar-refractivity contribution >= 4 is 11.9 Å². The summed E-state index contributed by atoms with van der Waals surface area (Å²) in [5.41, 5.74) is 2.09. The number of hydrogen-bond donors (Lipinski definition) is 2. The van der Waals surface area contributed by atoms with E-state index < -0.39 is 11.5 Å². The summed E-state index contributed by atoms with van der Waals surface area (Å²) < 4.78 is 10.1. The van der Waals surface area contributed by atoms with E-state index in [9.17, 15) is 9.59 Å². The van der Waals surface area contributed by atoms with Crippen molar-refractivity contribution in [1.29, 1.82) is 0 Å². The predicted molar refractivity (Wildman–Crippen MR) is 95.6 cm³/mol. The van der Waals surface area contributed by atoms with Crippen LogP contribution in [0, 0.1) is 0 Å². The third-order valence-electron chi connectivity index (χ3n) is 3.67. The van der Waals surface area contributed by atoms with Gasteiger partial charge in [-0.1, -0.05) is 12.1 Å². The number of aromatic nitrogens is 1. The lowest BCUT2D eigenvalue weighted by Crippen LogP contribution is -2.47. The molecule has 0 fully saturated rings. The Morgan fingerprint density at radius 1 is 1.20 bits per heavy atom. The van der Waals surface area contributed by atoms with Gasteiger partial charge in [-0.2, -0.15) is 0 Å². The normalized spacial score (nSPS) is 11.2. The number of ether oxygens (including phenoxy) is 2. The molecule has 1 aromatic heterocycles.